The average molecular weight is 444 g/mol. The predicted molar refractivity (Wildman–Crippen MR) is 124 cm³/mol. The van der Waals surface area contributed by atoms with Crippen LogP contribution >= 0.6 is 23.4 Å². The molecule has 0 saturated carbocycles. The largest absolute Gasteiger partial charge is 0.355 e. The van der Waals surface area contributed by atoms with E-state index in [0.29, 0.717) is 34.2 Å². The van der Waals surface area contributed by atoms with E-state index in [1.165, 1.54) is 17.3 Å². The summed E-state index contributed by atoms with van der Waals surface area (Å²) in [6, 6.07) is 15.2. The van der Waals surface area contributed by atoms with Gasteiger partial charge < -0.3 is 5.32 Å². The fourth-order valence-electron chi connectivity index (χ4n) is 3.16. The van der Waals surface area contributed by atoms with Crippen LogP contribution in [0, 0.1) is 5.92 Å². The lowest BCUT2D eigenvalue weighted by Crippen LogP contribution is -2.30. The lowest BCUT2D eigenvalue weighted by molar-refractivity contribution is -0.118. The van der Waals surface area contributed by atoms with Crippen LogP contribution in [0.1, 0.15) is 32.3 Å². The van der Waals surface area contributed by atoms with Gasteiger partial charge in [0.25, 0.3) is 5.56 Å². The van der Waals surface area contributed by atoms with Crippen LogP contribution < -0.4 is 10.9 Å². The van der Waals surface area contributed by atoms with E-state index in [4.69, 9.17) is 11.6 Å². The average Bonchev–Trinajstić information content (AvgIpc) is 2.73. The number of hydrogen-bond acceptors (Lipinski definition) is 4. The van der Waals surface area contributed by atoms with Crippen LogP contribution in [0.5, 0.6) is 0 Å². The molecule has 0 aliphatic carbocycles. The van der Waals surface area contributed by atoms with E-state index < -0.39 is 0 Å². The topological polar surface area (TPSA) is 64.0 Å². The van der Waals surface area contributed by atoms with Crippen molar-refractivity contribution in [1.29, 1.82) is 0 Å². The Morgan fingerprint density at radius 3 is 2.60 bits per heavy atom. The third-order valence-corrected chi connectivity index (χ3v) is 5.95. The van der Waals surface area contributed by atoms with Gasteiger partial charge in [0.2, 0.25) is 5.91 Å². The van der Waals surface area contributed by atoms with E-state index >= 15 is 0 Å². The standard InChI is InChI=1S/C23H26ClN3O2S/c1-15(2)13-27-22(29)19-11-18(24)9-10-20(19)26-23(27)30-14-21(28)25-12-16(3)17-7-5-4-6-8-17/h4-11,15-16H,12-14H2,1-3H3,(H,25,28). The lowest BCUT2D eigenvalue weighted by atomic mass is 10.0. The van der Waals surface area contributed by atoms with E-state index in [2.05, 4.69) is 29.4 Å². The summed E-state index contributed by atoms with van der Waals surface area (Å²) in [5.41, 5.74) is 1.65. The van der Waals surface area contributed by atoms with Gasteiger partial charge in [0, 0.05) is 18.1 Å². The third-order valence-electron chi connectivity index (χ3n) is 4.74. The van der Waals surface area contributed by atoms with Crippen molar-refractivity contribution in [3.8, 4) is 0 Å². The number of carbonyl (C=O) groups is 1. The predicted octanol–water partition coefficient (Wildman–Crippen LogP) is 4.72. The first kappa shape index (κ1) is 22.4. The molecule has 5 nitrogen and oxygen atoms in total. The minimum atomic E-state index is -0.128. The zero-order valence-corrected chi connectivity index (χ0v) is 19.0. The number of rotatable bonds is 8. The van der Waals surface area contributed by atoms with E-state index in [1.54, 1.807) is 22.8 Å². The van der Waals surface area contributed by atoms with Crippen LogP contribution in [0.4, 0.5) is 0 Å². The first-order valence-corrected chi connectivity index (χ1v) is 11.4. The maximum Gasteiger partial charge on any atom is 0.262 e. The normalized spacial score (nSPS) is 12.3. The molecule has 0 aliphatic rings. The minimum absolute atomic E-state index is 0.0793. The van der Waals surface area contributed by atoms with E-state index in [0.717, 1.165) is 0 Å². The third kappa shape index (κ3) is 5.64. The summed E-state index contributed by atoms with van der Waals surface area (Å²) in [6.07, 6.45) is 0. The maximum absolute atomic E-state index is 13.0. The Hall–Kier alpha value is -2.31. The van der Waals surface area contributed by atoms with Crippen LogP contribution in [0.3, 0.4) is 0 Å². The van der Waals surface area contributed by atoms with Gasteiger partial charge in [-0.2, -0.15) is 0 Å². The molecule has 0 spiro atoms. The van der Waals surface area contributed by atoms with Gasteiger partial charge in [0.05, 0.1) is 16.7 Å². The van der Waals surface area contributed by atoms with Crippen LogP contribution in [0.2, 0.25) is 5.02 Å². The fourth-order valence-corrected chi connectivity index (χ4v) is 4.17. The molecule has 1 amide bonds. The van der Waals surface area contributed by atoms with Gasteiger partial charge in [0.1, 0.15) is 0 Å². The minimum Gasteiger partial charge on any atom is -0.355 e. The first-order valence-electron chi connectivity index (χ1n) is 9.99. The van der Waals surface area contributed by atoms with Crippen molar-refractivity contribution in [2.45, 2.75) is 38.4 Å². The highest BCUT2D eigenvalue weighted by molar-refractivity contribution is 7.99. The molecule has 1 heterocycles. The number of amides is 1. The number of benzene rings is 2. The number of nitrogens with zero attached hydrogens (tertiary/aromatic N) is 2. The summed E-state index contributed by atoms with van der Waals surface area (Å²) in [6.45, 7) is 7.26. The Kier molecular flexibility index (Phi) is 7.56. The fraction of sp³-hybridized carbons (Fsp3) is 0.348. The molecule has 3 rings (SSSR count). The van der Waals surface area contributed by atoms with E-state index in [9.17, 15) is 9.59 Å². The summed E-state index contributed by atoms with van der Waals surface area (Å²) in [5, 5.41) is 4.53. The Balaban J connectivity index is 1.72. The van der Waals surface area contributed by atoms with Gasteiger partial charge in [0.15, 0.2) is 5.16 Å². The molecule has 2 aromatic carbocycles. The zero-order valence-electron chi connectivity index (χ0n) is 17.4. The molecule has 7 heteroatoms. The number of halogens is 1. The van der Waals surface area contributed by atoms with Crippen molar-refractivity contribution in [2.24, 2.45) is 5.92 Å². The van der Waals surface area contributed by atoms with Crippen molar-refractivity contribution in [3.63, 3.8) is 0 Å². The van der Waals surface area contributed by atoms with Crippen LogP contribution in [0.15, 0.2) is 58.5 Å². The summed E-state index contributed by atoms with van der Waals surface area (Å²) >= 11 is 7.35. The SMILES string of the molecule is CC(C)Cn1c(SCC(=O)NCC(C)c2ccccc2)nc2ccc(Cl)cc2c1=O. The summed E-state index contributed by atoms with van der Waals surface area (Å²) in [4.78, 5) is 30.1. The highest BCUT2D eigenvalue weighted by Gasteiger charge is 2.15. The van der Waals surface area contributed by atoms with Crippen LogP contribution in [0.25, 0.3) is 10.9 Å². The lowest BCUT2D eigenvalue weighted by Gasteiger charge is -2.16. The Bertz CT molecular complexity index is 1080. The monoisotopic (exact) mass is 443 g/mol. The number of carbonyl (C=O) groups excluding carboxylic acids is 1. The van der Waals surface area contributed by atoms with E-state index in [1.807, 2.05) is 32.0 Å². The Labute approximate surface area is 185 Å². The second-order valence-electron chi connectivity index (χ2n) is 7.77. The summed E-state index contributed by atoms with van der Waals surface area (Å²) in [5.74, 6) is 0.610. The Morgan fingerprint density at radius 2 is 1.90 bits per heavy atom. The van der Waals surface area contributed by atoms with Gasteiger partial charge >= 0.3 is 0 Å². The highest BCUT2D eigenvalue weighted by atomic mass is 35.5. The molecule has 1 N–H and O–H groups in total. The molecule has 158 valence electrons. The zero-order chi connectivity index (χ0) is 21.7. The summed E-state index contributed by atoms with van der Waals surface area (Å²) in [7, 11) is 0. The van der Waals surface area contributed by atoms with Crippen molar-refractivity contribution in [3.05, 3.63) is 69.5 Å². The smallest absolute Gasteiger partial charge is 0.262 e. The van der Waals surface area contributed by atoms with Crippen molar-refractivity contribution in [2.75, 3.05) is 12.3 Å². The van der Waals surface area contributed by atoms with Crippen LogP contribution in [-0.4, -0.2) is 27.8 Å². The molecule has 1 unspecified atom stereocenters. The molecule has 30 heavy (non-hydrogen) atoms. The molecule has 0 fully saturated rings. The molecule has 0 aliphatic heterocycles. The molecule has 1 atom stereocenters. The van der Waals surface area contributed by atoms with Gasteiger partial charge in [-0.3, -0.25) is 14.2 Å². The quantitative estimate of drug-likeness (QED) is 0.404. The van der Waals surface area contributed by atoms with Gasteiger partial charge in [-0.05, 0) is 35.6 Å². The summed E-state index contributed by atoms with van der Waals surface area (Å²) < 4.78 is 1.65. The number of nitrogens with one attached hydrogen (secondary N) is 1. The van der Waals surface area contributed by atoms with Crippen molar-refractivity contribution < 1.29 is 4.79 Å². The van der Waals surface area contributed by atoms with Crippen molar-refractivity contribution in [1.82, 2.24) is 14.9 Å². The second kappa shape index (κ2) is 10.1. The highest BCUT2D eigenvalue weighted by Crippen LogP contribution is 2.21. The molecular formula is C23H26ClN3O2S. The Morgan fingerprint density at radius 1 is 1.17 bits per heavy atom. The number of hydrogen-bond donors (Lipinski definition) is 1. The van der Waals surface area contributed by atoms with Gasteiger partial charge in [-0.1, -0.05) is 74.5 Å². The molecule has 3 aromatic rings. The molecule has 0 saturated heterocycles. The maximum atomic E-state index is 13.0. The number of aromatic nitrogens is 2. The second-order valence-corrected chi connectivity index (χ2v) is 9.15. The molecular weight excluding hydrogens is 418 g/mol. The van der Waals surface area contributed by atoms with Crippen LogP contribution in [-0.2, 0) is 11.3 Å². The van der Waals surface area contributed by atoms with Crippen molar-refractivity contribution >= 4 is 40.2 Å². The molecule has 1 aromatic heterocycles. The van der Waals surface area contributed by atoms with E-state index in [-0.39, 0.29) is 29.1 Å². The van der Waals surface area contributed by atoms with Gasteiger partial charge in [-0.25, -0.2) is 4.98 Å². The molecule has 0 bridgehead atoms. The van der Waals surface area contributed by atoms with Gasteiger partial charge in [-0.15, -0.1) is 0 Å². The first-order chi connectivity index (χ1) is 14.3. The molecule has 0 radical (unpaired) electrons. The number of thioether (sulfide) groups is 1. The number of fused-ring (bicyclic) bond motifs is 1.